The molecule has 0 fully saturated rings. The second kappa shape index (κ2) is 7.02. The molecule has 0 saturated carbocycles. The van der Waals surface area contributed by atoms with Crippen LogP contribution in [0.15, 0.2) is 12.1 Å². The van der Waals surface area contributed by atoms with E-state index in [0.29, 0.717) is 27.9 Å². The van der Waals surface area contributed by atoms with Gasteiger partial charge in [-0.2, -0.15) is 0 Å². The van der Waals surface area contributed by atoms with Crippen molar-refractivity contribution in [2.24, 2.45) is 0 Å². The third kappa shape index (κ3) is 4.26. The van der Waals surface area contributed by atoms with Crippen molar-refractivity contribution < 1.29 is 14.7 Å². The Kier molecular flexibility index (Phi) is 5.33. The van der Waals surface area contributed by atoms with Gasteiger partial charge >= 0.3 is 5.97 Å². The van der Waals surface area contributed by atoms with Crippen LogP contribution < -0.4 is 5.32 Å². The number of nitrogens with zero attached hydrogens (tertiary/aromatic N) is 1. The van der Waals surface area contributed by atoms with Crippen LogP contribution >= 0.6 is 34.3 Å². The molecule has 2 heterocycles. The highest BCUT2D eigenvalue weighted by Crippen LogP contribution is 2.34. The molecule has 0 aliphatic heterocycles. The normalized spacial score (nSPS) is 10.6. The van der Waals surface area contributed by atoms with Gasteiger partial charge in [0.2, 0.25) is 0 Å². The van der Waals surface area contributed by atoms with Crippen LogP contribution in [-0.2, 0) is 4.79 Å². The molecule has 2 aromatic heterocycles. The largest absolute Gasteiger partial charge is 0.481 e. The smallest absolute Gasteiger partial charge is 0.303 e. The Bertz CT molecular complexity index is 666. The number of thiophene rings is 1. The second-order valence-electron chi connectivity index (χ2n) is 4.29. The summed E-state index contributed by atoms with van der Waals surface area (Å²) < 4.78 is 0.678. The van der Waals surface area contributed by atoms with E-state index >= 15 is 0 Å². The number of hydrogen-bond donors (Lipinski definition) is 2. The molecular weight excluding hydrogens is 332 g/mol. The predicted octanol–water partition coefficient (Wildman–Crippen LogP) is 3.43. The second-order valence-corrected chi connectivity index (χ2v) is 7.00. The molecule has 21 heavy (non-hydrogen) atoms. The van der Waals surface area contributed by atoms with Crippen LogP contribution in [0.1, 0.15) is 28.2 Å². The van der Waals surface area contributed by atoms with Gasteiger partial charge in [0.15, 0.2) is 0 Å². The fraction of sp³-hybridized carbons (Fsp3) is 0.308. The summed E-state index contributed by atoms with van der Waals surface area (Å²) in [5.74, 6) is -1.08. The first-order chi connectivity index (χ1) is 9.97. The van der Waals surface area contributed by atoms with E-state index in [0.717, 1.165) is 9.88 Å². The SMILES string of the molecule is Cc1nc(-c2ccc(Cl)s2)sc1C(=O)NCCCC(=O)O. The number of aromatic nitrogens is 1. The molecule has 2 aromatic rings. The summed E-state index contributed by atoms with van der Waals surface area (Å²) in [6.45, 7) is 2.12. The maximum Gasteiger partial charge on any atom is 0.303 e. The number of carbonyl (C=O) groups excluding carboxylic acids is 1. The Balaban J connectivity index is 2.01. The molecule has 0 aliphatic rings. The molecule has 0 spiro atoms. The van der Waals surface area contributed by atoms with Crippen LogP contribution in [-0.4, -0.2) is 28.5 Å². The average Bonchev–Trinajstić information content (AvgIpc) is 3.00. The molecule has 8 heteroatoms. The molecular formula is C13H13ClN2O3S2. The number of amides is 1. The van der Waals surface area contributed by atoms with E-state index in [1.54, 1.807) is 13.0 Å². The van der Waals surface area contributed by atoms with Crippen molar-refractivity contribution in [1.82, 2.24) is 10.3 Å². The van der Waals surface area contributed by atoms with Gasteiger partial charge < -0.3 is 10.4 Å². The van der Waals surface area contributed by atoms with E-state index < -0.39 is 5.97 Å². The Labute approximate surface area is 134 Å². The highest BCUT2D eigenvalue weighted by atomic mass is 35.5. The fourth-order valence-corrected chi connectivity index (χ4v) is 3.74. The zero-order chi connectivity index (χ0) is 15.4. The zero-order valence-corrected chi connectivity index (χ0v) is 13.6. The Morgan fingerprint density at radius 1 is 1.38 bits per heavy atom. The summed E-state index contributed by atoms with van der Waals surface area (Å²) in [6, 6.07) is 3.67. The molecule has 2 N–H and O–H groups in total. The van der Waals surface area contributed by atoms with Crippen LogP contribution in [0.2, 0.25) is 4.34 Å². The number of rotatable bonds is 6. The lowest BCUT2D eigenvalue weighted by atomic mass is 10.3. The molecule has 0 atom stereocenters. The number of thiazole rings is 1. The van der Waals surface area contributed by atoms with E-state index in [2.05, 4.69) is 10.3 Å². The van der Waals surface area contributed by atoms with Crippen LogP contribution in [0.4, 0.5) is 0 Å². The van der Waals surface area contributed by atoms with Gasteiger partial charge in [0, 0.05) is 13.0 Å². The van der Waals surface area contributed by atoms with Crippen molar-refractivity contribution in [1.29, 1.82) is 0 Å². The van der Waals surface area contributed by atoms with E-state index in [1.807, 2.05) is 6.07 Å². The highest BCUT2D eigenvalue weighted by molar-refractivity contribution is 7.24. The van der Waals surface area contributed by atoms with E-state index in [4.69, 9.17) is 16.7 Å². The van der Waals surface area contributed by atoms with Crippen molar-refractivity contribution >= 4 is 46.2 Å². The third-order valence-corrected chi connectivity index (χ3v) is 5.20. The minimum atomic E-state index is -0.866. The van der Waals surface area contributed by atoms with Gasteiger partial charge in [0.05, 0.1) is 14.9 Å². The molecule has 0 bridgehead atoms. The van der Waals surface area contributed by atoms with E-state index in [9.17, 15) is 9.59 Å². The number of nitrogens with one attached hydrogen (secondary N) is 1. The van der Waals surface area contributed by atoms with E-state index in [-0.39, 0.29) is 12.3 Å². The van der Waals surface area contributed by atoms with Gasteiger partial charge in [-0.25, -0.2) is 4.98 Å². The van der Waals surface area contributed by atoms with Gasteiger partial charge in [0.25, 0.3) is 5.91 Å². The van der Waals surface area contributed by atoms with Crippen molar-refractivity contribution in [3.05, 3.63) is 27.0 Å². The minimum absolute atomic E-state index is 0.0426. The molecule has 0 aromatic carbocycles. The first-order valence-electron chi connectivity index (χ1n) is 6.20. The first-order valence-corrected chi connectivity index (χ1v) is 8.21. The molecule has 0 unspecified atom stereocenters. The maximum absolute atomic E-state index is 12.0. The van der Waals surface area contributed by atoms with Crippen molar-refractivity contribution in [2.45, 2.75) is 19.8 Å². The standard InChI is InChI=1S/C13H13ClN2O3S2/c1-7-11(12(19)15-6-2-3-10(17)18)21-13(16-7)8-4-5-9(14)20-8/h4-5H,2-3,6H2,1H3,(H,15,19)(H,17,18). The molecule has 0 radical (unpaired) electrons. The molecule has 0 saturated heterocycles. The van der Waals surface area contributed by atoms with Crippen LogP contribution in [0.5, 0.6) is 0 Å². The zero-order valence-electron chi connectivity index (χ0n) is 11.2. The van der Waals surface area contributed by atoms with Crippen LogP contribution in [0.3, 0.4) is 0 Å². The van der Waals surface area contributed by atoms with Crippen molar-refractivity contribution in [3.8, 4) is 9.88 Å². The summed E-state index contributed by atoms with van der Waals surface area (Å²) >= 11 is 8.62. The highest BCUT2D eigenvalue weighted by Gasteiger charge is 2.16. The molecule has 1 amide bonds. The summed E-state index contributed by atoms with van der Waals surface area (Å²) in [4.78, 5) is 28.3. The van der Waals surface area contributed by atoms with Gasteiger partial charge in [-0.1, -0.05) is 11.6 Å². The third-order valence-electron chi connectivity index (χ3n) is 2.64. The number of halogens is 1. The lowest BCUT2D eigenvalue weighted by Gasteiger charge is -2.02. The van der Waals surface area contributed by atoms with Crippen LogP contribution in [0.25, 0.3) is 9.88 Å². The summed E-state index contributed by atoms with van der Waals surface area (Å²) in [6.07, 6.45) is 0.452. The number of carboxylic acids is 1. The van der Waals surface area contributed by atoms with E-state index in [1.165, 1.54) is 22.7 Å². The minimum Gasteiger partial charge on any atom is -0.481 e. The molecule has 0 aliphatic carbocycles. The number of aryl methyl sites for hydroxylation is 1. The van der Waals surface area contributed by atoms with Gasteiger partial charge in [-0.15, -0.1) is 22.7 Å². The number of aliphatic carboxylic acids is 1. The van der Waals surface area contributed by atoms with Gasteiger partial charge in [0.1, 0.15) is 9.88 Å². The summed E-state index contributed by atoms with van der Waals surface area (Å²) in [5, 5.41) is 12.0. The molecule has 2 rings (SSSR count). The summed E-state index contributed by atoms with van der Waals surface area (Å²) in [5.41, 5.74) is 0.662. The molecule has 112 valence electrons. The van der Waals surface area contributed by atoms with Crippen LogP contribution in [0, 0.1) is 6.92 Å². The number of hydrogen-bond acceptors (Lipinski definition) is 5. The number of carbonyl (C=O) groups is 2. The topological polar surface area (TPSA) is 79.3 Å². The number of carboxylic acid groups (broad SMARTS) is 1. The monoisotopic (exact) mass is 344 g/mol. The van der Waals surface area contributed by atoms with Crippen molar-refractivity contribution in [3.63, 3.8) is 0 Å². The van der Waals surface area contributed by atoms with Gasteiger partial charge in [-0.05, 0) is 25.5 Å². The molecule has 5 nitrogen and oxygen atoms in total. The quantitative estimate of drug-likeness (QED) is 0.787. The Morgan fingerprint density at radius 3 is 2.76 bits per heavy atom. The lowest BCUT2D eigenvalue weighted by Crippen LogP contribution is -2.24. The summed E-state index contributed by atoms with van der Waals surface area (Å²) in [7, 11) is 0. The first kappa shape index (κ1) is 15.9. The maximum atomic E-state index is 12.0. The predicted molar refractivity (Wildman–Crippen MR) is 84.4 cm³/mol. The fourth-order valence-electron chi connectivity index (χ4n) is 1.66. The Morgan fingerprint density at radius 2 is 2.14 bits per heavy atom. The van der Waals surface area contributed by atoms with Crippen molar-refractivity contribution in [2.75, 3.05) is 6.54 Å². The van der Waals surface area contributed by atoms with Gasteiger partial charge in [-0.3, -0.25) is 9.59 Å². The lowest BCUT2D eigenvalue weighted by molar-refractivity contribution is -0.137. The average molecular weight is 345 g/mol. The Hall–Kier alpha value is -1.44.